The molecule has 3 rings (SSSR count). The highest BCUT2D eigenvalue weighted by atomic mass is 19.4. The van der Waals surface area contributed by atoms with E-state index in [4.69, 9.17) is 4.74 Å². The molecule has 0 atom stereocenters. The molecule has 0 unspecified atom stereocenters. The number of ether oxygens (including phenoxy) is 1. The van der Waals surface area contributed by atoms with Crippen LogP contribution in [0.25, 0.3) is 0 Å². The Bertz CT molecular complexity index is 786. The van der Waals surface area contributed by atoms with Crippen molar-refractivity contribution in [1.82, 2.24) is 0 Å². The fourth-order valence-electron chi connectivity index (χ4n) is 2.41. The number of alkyl halides is 3. The number of hydrogen-bond donors (Lipinski definition) is 0. The minimum absolute atomic E-state index is 0.0825. The first-order valence-electron chi connectivity index (χ1n) is 7.23. The zero-order chi connectivity index (χ0) is 16.8. The predicted molar refractivity (Wildman–Crippen MR) is 83.9 cm³/mol. The van der Waals surface area contributed by atoms with Gasteiger partial charge >= 0.3 is 6.18 Å². The van der Waals surface area contributed by atoms with Crippen molar-refractivity contribution in [3.63, 3.8) is 0 Å². The van der Waals surface area contributed by atoms with E-state index in [0.717, 1.165) is 11.6 Å². The number of benzene rings is 2. The van der Waals surface area contributed by atoms with Crippen LogP contribution in [0.2, 0.25) is 0 Å². The summed E-state index contributed by atoms with van der Waals surface area (Å²) in [4.78, 5) is 4.31. The molecule has 0 saturated heterocycles. The molecule has 0 saturated carbocycles. The van der Waals surface area contributed by atoms with Gasteiger partial charge in [-0.25, -0.2) is 0 Å². The van der Waals surface area contributed by atoms with Gasteiger partial charge in [0.25, 0.3) is 0 Å². The zero-order valence-electron chi connectivity index (χ0n) is 13.0. The molecule has 0 N–H and O–H groups in total. The van der Waals surface area contributed by atoms with Gasteiger partial charge in [0.1, 0.15) is 11.4 Å². The molecule has 0 amide bonds. The van der Waals surface area contributed by atoms with Crippen LogP contribution in [0.15, 0.2) is 41.4 Å². The highest BCUT2D eigenvalue weighted by Crippen LogP contribution is 2.44. The van der Waals surface area contributed by atoms with Crippen LogP contribution in [0, 0.1) is 0 Å². The van der Waals surface area contributed by atoms with E-state index in [9.17, 15) is 13.2 Å². The lowest BCUT2D eigenvalue weighted by Crippen LogP contribution is -2.10. The molecular formula is C18H16F3NO. The third kappa shape index (κ3) is 2.96. The van der Waals surface area contributed by atoms with Crippen molar-refractivity contribution in [3.8, 4) is 11.5 Å². The number of hydrogen-bond acceptors (Lipinski definition) is 2. The van der Waals surface area contributed by atoms with Gasteiger partial charge in [0, 0.05) is 11.8 Å². The number of halogens is 3. The van der Waals surface area contributed by atoms with Crippen LogP contribution < -0.4 is 4.74 Å². The zero-order valence-corrected chi connectivity index (χ0v) is 13.0. The molecule has 0 spiro atoms. The molecule has 1 aliphatic rings. The molecule has 2 nitrogen and oxygen atoms in total. The Hall–Kier alpha value is -2.30. The Kier molecular flexibility index (Phi) is 3.47. The highest BCUT2D eigenvalue weighted by Gasteiger charge is 2.36. The number of aliphatic imine (C=N–C) groups is 1. The second-order valence-corrected chi connectivity index (χ2v) is 6.51. The molecule has 120 valence electrons. The second-order valence-electron chi connectivity index (χ2n) is 6.51. The van der Waals surface area contributed by atoms with Crippen molar-refractivity contribution in [1.29, 1.82) is 0 Å². The van der Waals surface area contributed by atoms with E-state index in [1.807, 2.05) is 12.1 Å². The van der Waals surface area contributed by atoms with Crippen LogP contribution in [0.4, 0.5) is 18.9 Å². The van der Waals surface area contributed by atoms with Crippen LogP contribution in [0.5, 0.6) is 11.5 Å². The Morgan fingerprint density at radius 1 is 1.00 bits per heavy atom. The van der Waals surface area contributed by atoms with Gasteiger partial charge in [-0.1, -0.05) is 32.9 Å². The molecule has 23 heavy (non-hydrogen) atoms. The van der Waals surface area contributed by atoms with Crippen molar-refractivity contribution in [2.75, 3.05) is 0 Å². The first-order valence-corrected chi connectivity index (χ1v) is 7.23. The minimum atomic E-state index is -4.48. The third-order valence-electron chi connectivity index (χ3n) is 3.73. The van der Waals surface area contributed by atoms with Crippen LogP contribution in [-0.4, -0.2) is 6.21 Å². The van der Waals surface area contributed by atoms with Crippen LogP contribution in [-0.2, 0) is 11.6 Å². The SMILES string of the molecule is CC(C)(C)c1ccc2c(c1)N=Cc1cccc(C(F)(F)F)c1O2. The summed E-state index contributed by atoms with van der Waals surface area (Å²) in [5.74, 6) is 0.121. The monoisotopic (exact) mass is 319 g/mol. The van der Waals surface area contributed by atoms with Crippen molar-refractivity contribution >= 4 is 11.9 Å². The Labute approximate surface area is 132 Å². The summed E-state index contributed by atoms with van der Waals surface area (Å²) in [6.45, 7) is 6.19. The van der Waals surface area contributed by atoms with Crippen LogP contribution in [0.3, 0.4) is 0 Å². The summed E-state index contributed by atoms with van der Waals surface area (Å²) >= 11 is 0. The van der Waals surface area contributed by atoms with Crippen LogP contribution in [0.1, 0.15) is 37.5 Å². The average molecular weight is 319 g/mol. The largest absolute Gasteiger partial charge is 0.454 e. The molecular weight excluding hydrogens is 303 g/mol. The minimum Gasteiger partial charge on any atom is -0.454 e. The second kappa shape index (κ2) is 5.11. The Morgan fingerprint density at radius 2 is 1.74 bits per heavy atom. The number of rotatable bonds is 0. The molecule has 0 aliphatic carbocycles. The molecule has 2 aromatic carbocycles. The molecule has 0 aromatic heterocycles. The summed E-state index contributed by atoms with van der Waals surface area (Å²) in [5.41, 5.74) is 1.00. The van der Waals surface area contributed by atoms with Crippen molar-refractivity contribution in [3.05, 3.63) is 53.1 Å². The average Bonchev–Trinajstić information content (AvgIpc) is 2.63. The van der Waals surface area contributed by atoms with E-state index in [0.29, 0.717) is 17.0 Å². The number of para-hydroxylation sites is 1. The Morgan fingerprint density at radius 3 is 2.39 bits per heavy atom. The van der Waals surface area contributed by atoms with E-state index in [-0.39, 0.29) is 11.2 Å². The maximum Gasteiger partial charge on any atom is 0.420 e. The summed E-state index contributed by atoms with van der Waals surface area (Å²) < 4.78 is 45.1. The molecule has 1 aliphatic heterocycles. The van der Waals surface area contributed by atoms with Gasteiger partial charge in [-0.05, 0) is 35.2 Å². The predicted octanol–water partition coefficient (Wildman–Crippen LogP) is 5.86. The smallest absolute Gasteiger partial charge is 0.420 e. The fourth-order valence-corrected chi connectivity index (χ4v) is 2.41. The summed E-state index contributed by atoms with van der Waals surface area (Å²) in [7, 11) is 0. The molecule has 0 bridgehead atoms. The van der Waals surface area contributed by atoms with Gasteiger partial charge in [-0.3, -0.25) is 4.99 Å². The Balaban J connectivity index is 2.13. The summed E-state index contributed by atoms with van der Waals surface area (Å²) in [6, 6.07) is 9.31. The molecule has 2 aromatic rings. The van der Waals surface area contributed by atoms with Gasteiger partial charge < -0.3 is 4.74 Å². The number of fused-ring (bicyclic) bond motifs is 2. The van der Waals surface area contributed by atoms with E-state index in [1.54, 1.807) is 12.1 Å². The van der Waals surface area contributed by atoms with E-state index < -0.39 is 11.7 Å². The fraction of sp³-hybridized carbons (Fsp3) is 0.278. The van der Waals surface area contributed by atoms with Crippen molar-refractivity contribution < 1.29 is 17.9 Å². The lowest BCUT2D eigenvalue weighted by molar-refractivity contribution is -0.138. The lowest BCUT2D eigenvalue weighted by atomic mass is 9.87. The molecule has 1 heterocycles. The van der Waals surface area contributed by atoms with Gasteiger partial charge in [0.05, 0.1) is 5.56 Å². The van der Waals surface area contributed by atoms with Crippen LogP contribution >= 0.6 is 0 Å². The standard InChI is InChI=1S/C18H16F3NO/c1-17(2,3)12-7-8-15-14(9-12)22-10-11-5-4-6-13(16(11)23-15)18(19,20)21/h4-10H,1-3H3. The first-order chi connectivity index (χ1) is 10.7. The van der Waals surface area contributed by atoms with E-state index in [1.165, 1.54) is 12.3 Å². The maximum atomic E-state index is 13.2. The molecule has 5 heteroatoms. The third-order valence-corrected chi connectivity index (χ3v) is 3.73. The normalized spacial score (nSPS) is 13.8. The maximum absolute atomic E-state index is 13.2. The topological polar surface area (TPSA) is 21.6 Å². The van der Waals surface area contributed by atoms with Crippen molar-refractivity contribution in [2.45, 2.75) is 32.4 Å². The van der Waals surface area contributed by atoms with Crippen molar-refractivity contribution in [2.24, 2.45) is 4.99 Å². The van der Waals surface area contributed by atoms with E-state index in [2.05, 4.69) is 25.8 Å². The van der Waals surface area contributed by atoms with Gasteiger partial charge in [-0.2, -0.15) is 13.2 Å². The summed E-state index contributed by atoms with van der Waals surface area (Å²) in [6.07, 6.45) is -3.06. The lowest BCUT2D eigenvalue weighted by Gasteiger charge is -2.20. The number of nitrogens with zero attached hydrogens (tertiary/aromatic N) is 1. The highest BCUT2D eigenvalue weighted by molar-refractivity contribution is 5.88. The summed E-state index contributed by atoms with van der Waals surface area (Å²) in [5, 5.41) is 0. The van der Waals surface area contributed by atoms with Gasteiger partial charge in [0.15, 0.2) is 5.75 Å². The first kappa shape index (κ1) is 15.6. The quantitative estimate of drug-likeness (QED) is 0.508. The van der Waals surface area contributed by atoms with Gasteiger partial charge in [0.2, 0.25) is 0 Å². The molecule has 0 fully saturated rings. The van der Waals surface area contributed by atoms with Gasteiger partial charge in [-0.15, -0.1) is 0 Å². The van der Waals surface area contributed by atoms with E-state index >= 15 is 0 Å². The molecule has 0 radical (unpaired) electrons.